The smallest absolute Gasteiger partial charge is 0.220 e. The van der Waals surface area contributed by atoms with Crippen LogP contribution in [0.2, 0.25) is 0 Å². The maximum Gasteiger partial charge on any atom is 0.220 e. The third-order valence-electron chi connectivity index (χ3n) is 2.69. The Bertz CT molecular complexity index is 679. The first kappa shape index (κ1) is 11.8. The van der Waals surface area contributed by atoms with Crippen LogP contribution in [0, 0.1) is 0 Å². The van der Waals surface area contributed by atoms with E-state index in [1.165, 1.54) is 0 Å². The number of nitrogen functional groups attached to an aromatic ring is 1. The lowest BCUT2D eigenvalue weighted by molar-refractivity contribution is 1.02. The summed E-state index contributed by atoms with van der Waals surface area (Å²) in [6, 6.07) is 12.0. The lowest BCUT2D eigenvalue weighted by Crippen LogP contribution is -1.98. The van der Waals surface area contributed by atoms with Gasteiger partial charge in [0.1, 0.15) is 0 Å². The van der Waals surface area contributed by atoms with Crippen molar-refractivity contribution in [2.24, 2.45) is 0 Å². The summed E-state index contributed by atoms with van der Waals surface area (Å²) >= 11 is 1.63. The molecule has 0 amide bonds. The Hall–Kier alpha value is -2.27. The van der Waals surface area contributed by atoms with Gasteiger partial charge >= 0.3 is 0 Å². The number of nitrogens with two attached hydrogens (primary N) is 1. The van der Waals surface area contributed by atoms with E-state index in [-0.39, 0.29) is 0 Å². The zero-order chi connectivity index (χ0) is 13.1. The second kappa shape index (κ2) is 5.16. The Morgan fingerprint density at radius 2 is 1.89 bits per heavy atom. The van der Waals surface area contributed by atoms with Crippen LogP contribution in [-0.2, 0) is 6.42 Å². The van der Waals surface area contributed by atoms with Crippen molar-refractivity contribution in [2.45, 2.75) is 6.42 Å². The highest BCUT2D eigenvalue weighted by molar-refractivity contribution is 7.10. The molecule has 0 saturated heterocycles. The van der Waals surface area contributed by atoms with Crippen LogP contribution in [0.15, 0.2) is 48.0 Å². The fourth-order valence-electron chi connectivity index (χ4n) is 1.80. The molecule has 0 spiro atoms. The van der Waals surface area contributed by atoms with Gasteiger partial charge in [-0.15, -0.1) is 11.3 Å². The molecule has 94 valence electrons. The Balaban J connectivity index is 1.82. The molecule has 0 aliphatic rings. The average Bonchev–Trinajstić information content (AvgIpc) is 2.88. The minimum Gasteiger partial charge on any atom is -0.368 e. The van der Waals surface area contributed by atoms with Crippen LogP contribution < -0.4 is 5.73 Å². The van der Waals surface area contributed by atoms with Crippen LogP contribution in [0.3, 0.4) is 0 Å². The number of thiazole rings is 1. The number of nitrogens with zero attached hydrogens (tertiary/aromatic N) is 3. The standard InChI is InChI=1S/C14H12N4S/c15-14-16-7-6-11(17-14)8-13-18-12(9-19-13)10-4-2-1-3-5-10/h1-7,9H,8H2,(H2,15,16,17). The number of rotatable bonds is 3. The number of aromatic nitrogens is 3. The summed E-state index contributed by atoms with van der Waals surface area (Å²) < 4.78 is 0. The van der Waals surface area contributed by atoms with Crippen LogP contribution in [-0.4, -0.2) is 15.0 Å². The fraction of sp³-hybridized carbons (Fsp3) is 0.0714. The second-order valence-electron chi connectivity index (χ2n) is 4.08. The molecular weight excluding hydrogens is 256 g/mol. The molecule has 0 fully saturated rings. The van der Waals surface area contributed by atoms with Gasteiger partial charge in [0.05, 0.1) is 16.4 Å². The van der Waals surface area contributed by atoms with E-state index in [1.54, 1.807) is 17.5 Å². The minimum absolute atomic E-state index is 0.303. The first-order valence-corrected chi connectivity index (χ1v) is 6.76. The van der Waals surface area contributed by atoms with Gasteiger partial charge in [-0.2, -0.15) is 0 Å². The maximum absolute atomic E-state index is 5.57. The predicted molar refractivity (Wildman–Crippen MR) is 76.8 cm³/mol. The third kappa shape index (κ3) is 2.77. The summed E-state index contributed by atoms with van der Waals surface area (Å²) in [5.74, 6) is 0.303. The van der Waals surface area contributed by atoms with Crippen molar-refractivity contribution in [3.63, 3.8) is 0 Å². The monoisotopic (exact) mass is 268 g/mol. The average molecular weight is 268 g/mol. The molecule has 0 aliphatic carbocycles. The molecular formula is C14H12N4S. The van der Waals surface area contributed by atoms with Gasteiger partial charge < -0.3 is 5.73 Å². The van der Waals surface area contributed by atoms with Gasteiger partial charge in [-0.25, -0.2) is 15.0 Å². The predicted octanol–water partition coefficient (Wildman–Crippen LogP) is 2.77. The molecule has 0 unspecified atom stereocenters. The largest absolute Gasteiger partial charge is 0.368 e. The molecule has 0 bridgehead atoms. The first-order valence-electron chi connectivity index (χ1n) is 5.88. The van der Waals surface area contributed by atoms with Crippen molar-refractivity contribution in [1.29, 1.82) is 0 Å². The van der Waals surface area contributed by atoms with E-state index >= 15 is 0 Å². The fourth-order valence-corrected chi connectivity index (χ4v) is 2.62. The van der Waals surface area contributed by atoms with Gasteiger partial charge in [-0.1, -0.05) is 30.3 Å². The van der Waals surface area contributed by atoms with Gasteiger partial charge in [-0.3, -0.25) is 0 Å². The van der Waals surface area contributed by atoms with E-state index in [1.807, 2.05) is 24.3 Å². The number of hydrogen-bond donors (Lipinski definition) is 1. The Kier molecular flexibility index (Phi) is 3.20. The molecule has 3 rings (SSSR count). The van der Waals surface area contributed by atoms with Crippen LogP contribution in [0.25, 0.3) is 11.3 Å². The molecule has 19 heavy (non-hydrogen) atoms. The second-order valence-corrected chi connectivity index (χ2v) is 5.02. The van der Waals surface area contributed by atoms with Crippen molar-refractivity contribution >= 4 is 17.3 Å². The van der Waals surface area contributed by atoms with Gasteiger partial charge in [-0.05, 0) is 6.07 Å². The van der Waals surface area contributed by atoms with E-state index in [4.69, 9.17) is 5.73 Å². The van der Waals surface area contributed by atoms with Crippen molar-refractivity contribution in [2.75, 3.05) is 5.73 Å². The molecule has 5 heteroatoms. The molecule has 1 aromatic carbocycles. The van der Waals surface area contributed by atoms with Crippen LogP contribution in [0.5, 0.6) is 0 Å². The Morgan fingerprint density at radius 1 is 1.05 bits per heavy atom. The van der Waals surface area contributed by atoms with Crippen LogP contribution >= 0.6 is 11.3 Å². The molecule has 2 aromatic heterocycles. The lowest BCUT2D eigenvalue weighted by atomic mass is 10.2. The molecule has 0 saturated carbocycles. The molecule has 4 nitrogen and oxygen atoms in total. The van der Waals surface area contributed by atoms with Gasteiger partial charge in [0.25, 0.3) is 0 Å². The number of benzene rings is 1. The SMILES string of the molecule is Nc1nccc(Cc2nc(-c3ccccc3)cs2)n1. The molecule has 2 N–H and O–H groups in total. The molecule has 0 aliphatic heterocycles. The van der Waals surface area contributed by atoms with Crippen LogP contribution in [0.4, 0.5) is 5.95 Å². The zero-order valence-corrected chi connectivity index (χ0v) is 11.0. The van der Waals surface area contributed by atoms with Crippen molar-refractivity contribution in [3.05, 3.63) is 58.7 Å². The topological polar surface area (TPSA) is 64.7 Å². The number of anilines is 1. The summed E-state index contributed by atoms with van der Waals surface area (Å²) in [7, 11) is 0. The molecule has 0 radical (unpaired) electrons. The van der Waals surface area contributed by atoms with Crippen molar-refractivity contribution < 1.29 is 0 Å². The van der Waals surface area contributed by atoms with Gasteiger partial charge in [0.2, 0.25) is 5.95 Å². The quantitative estimate of drug-likeness (QED) is 0.793. The van der Waals surface area contributed by atoms with E-state index in [0.717, 1.165) is 22.0 Å². The zero-order valence-electron chi connectivity index (χ0n) is 10.2. The highest BCUT2D eigenvalue weighted by Crippen LogP contribution is 2.22. The summed E-state index contributed by atoms with van der Waals surface area (Å²) in [6.45, 7) is 0. The number of hydrogen-bond acceptors (Lipinski definition) is 5. The summed E-state index contributed by atoms with van der Waals surface area (Å²) in [6.07, 6.45) is 2.35. The normalized spacial score (nSPS) is 10.5. The third-order valence-corrected chi connectivity index (χ3v) is 3.53. The summed E-state index contributed by atoms with van der Waals surface area (Å²) in [5, 5.41) is 3.09. The highest BCUT2D eigenvalue weighted by Gasteiger charge is 2.06. The van der Waals surface area contributed by atoms with Crippen molar-refractivity contribution in [1.82, 2.24) is 15.0 Å². The van der Waals surface area contributed by atoms with E-state index in [2.05, 4.69) is 32.5 Å². The summed E-state index contributed by atoms with van der Waals surface area (Å²) in [4.78, 5) is 12.7. The van der Waals surface area contributed by atoms with Gasteiger partial charge in [0, 0.05) is 23.6 Å². The maximum atomic E-state index is 5.57. The van der Waals surface area contributed by atoms with Crippen molar-refractivity contribution in [3.8, 4) is 11.3 Å². The Morgan fingerprint density at radius 3 is 2.68 bits per heavy atom. The molecule has 0 atom stereocenters. The Labute approximate surface area is 115 Å². The van der Waals surface area contributed by atoms with E-state index in [9.17, 15) is 0 Å². The highest BCUT2D eigenvalue weighted by atomic mass is 32.1. The first-order chi connectivity index (χ1) is 9.31. The lowest BCUT2D eigenvalue weighted by Gasteiger charge is -1.98. The van der Waals surface area contributed by atoms with E-state index in [0.29, 0.717) is 12.4 Å². The molecule has 2 heterocycles. The van der Waals surface area contributed by atoms with E-state index < -0.39 is 0 Å². The van der Waals surface area contributed by atoms with Gasteiger partial charge in [0.15, 0.2) is 0 Å². The van der Waals surface area contributed by atoms with Crippen LogP contribution in [0.1, 0.15) is 10.7 Å². The summed E-state index contributed by atoms with van der Waals surface area (Å²) in [5.41, 5.74) is 8.59. The minimum atomic E-state index is 0.303. The molecule has 3 aromatic rings.